The number of aliphatic imine (C=N–C) groups is 1. The Labute approximate surface area is 168 Å². The number of halogens is 1. The van der Waals surface area contributed by atoms with Crippen LogP contribution in [0.5, 0.6) is 0 Å². The summed E-state index contributed by atoms with van der Waals surface area (Å²) in [6, 6.07) is 4.36. The predicted molar refractivity (Wildman–Crippen MR) is 109 cm³/mol. The Morgan fingerprint density at radius 3 is 3.04 bits per heavy atom. The molecule has 6 nitrogen and oxygen atoms in total. The molecule has 0 saturated carbocycles. The SMILES string of the molecule is CCNC(=NCc1coc(-c2cccs2)n1)NC1CC2CCC1O2.I. The number of ether oxygens (including phenoxy) is 1. The highest BCUT2D eigenvalue weighted by atomic mass is 127. The standard InChI is InChI=1S/C17H22N4O2S.HI/c1-2-18-17(21-13-8-12-5-6-14(13)23-12)19-9-11-10-22-16(20-11)15-4-3-7-24-15;/h3-4,7,10,12-14H,2,5-6,8-9H2,1H3,(H2,18,19,21);1H. The minimum absolute atomic E-state index is 0. The molecule has 2 aromatic heterocycles. The lowest BCUT2D eigenvalue weighted by Gasteiger charge is -2.22. The molecule has 2 N–H and O–H groups in total. The zero-order valence-electron chi connectivity index (χ0n) is 14.1. The number of rotatable bonds is 5. The first-order chi connectivity index (χ1) is 11.8. The number of aromatic nitrogens is 1. The molecule has 2 fully saturated rings. The van der Waals surface area contributed by atoms with Gasteiger partial charge in [0.25, 0.3) is 0 Å². The molecule has 4 heterocycles. The van der Waals surface area contributed by atoms with Crippen molar-refractivity contribution in [2.24, 2.45) is 4.99 Å². The molecule has 3 unspecified atom stereocenters. The summed E-state index contributed by atoms with van der Waals surface area (Å²) in [6.45, 7) is 3.39. The summed E-state index contributed by atoms with van der Waals surface area (Å²) in [4.78, 5) is 10.2. The van der Waals surface area contributed by atoms with Crippen LogP contribution in [-0.2, 0) is 11.3 Å². The first-order valence-corrected chi connectivity index (χ1v) is 9.38. The van der Waals surface area contributed by atoms with Crippen molar-refractivity contribution < 1.29 is 9.15 Å². The average Bonchev–Trinajstić information content (AvgIpc) is 3.36. The monoisotopic (exact) mass is 474 g/mol. The molecule has 2 saturated heterocycles. The van der Waals surface area contributed by atoms with E-state index >= 15 is 0 Å². The Hall–Kier alpha value is -1.13. The third-order valence-electron chi connectivity index (χ3n) is 4.46. The number of oxazole rings is 1. The smallest absolute Gasteiger partial charge is 0.236 e. The predicted octanol–water partition coefficient (Wildman–Crippen LogP) is 3.40. The second-order valence-corrected chi connectivity index (χ2v) is 7.12. The van der Waals surface area contributed by atoms with Crippen LogP contribution in [0.15, 0.2) is 33.2 Å². The van der Waals surface area contributed by atoms with E-state index in [0.29, 0.717) is 30.7 Å². The number of nitrogens with zero attached hydrogens (tertiary/aromatic N) is 2. The van der Waals surface area contributed by atoms with Gasteiger partial charge < -0.3 is 19.8 Å². The van der Waals surface area contributed by atoms with Gasteiger partial charge in [-0.25, -0.2) is 9.98 Å². The first-order valence-electron chi connectivity index (χ1n) is 8.50. The Morgan fingerprint density at radius 2 is 2.36 bits per heavy atom. The largest absolute Gasteiger partial charge is 0.443 e. The van der Waals surface area contributed by atoms with E-state index in [9.17, 15) is 0 Å². The number of hydrogen-bond donors (Lipinski definition) is 2. The Kier molecular flexibility index (Phi) is 6.34. The van der Waals surface area contributed by atoms with Crippen molar-refractivity contribution in [1.82, 2.24) is 15.6 Å². The third kappa shape index (κ3) is 4.35. The minimum Gasteiger partial charge on any atom is -0.443 e. The van der Waals surface area contributed by atoms with Crippen molar-refractivity contribution in [2.75, 3.05) is 6.54 Å². The van der Waals surface area contributed by atoms with Crippen LogP contribution in [0.2, 0.25) is 0 Å². The fourth-order valence-electron chi connectivity index (χ4n) is 3.34. The van der Waals surface area contributed by atoms with Crippen molar-refractivity contribution in [3.05, 3.63) is 29.5 Å². The van der Waals surface area contributed by atoms with Gasteiger partial charge in [-0.2, -0.15) is 0 Å². The maximum absolute atomic E-state index is 5.90. The molecule has 0 aliphatic carbocycles. The molecule has 8 heteroatoms. The van der Waals surface area contributed by atoms with Crippen LogP contribution in [0.3, 0.4) is 0 Å². The fourth-order valence-corrected chi connectivity index (χ4v) is 3.99. The normalized spacial score (nSPS) is 25.0. The zero-order valence-corrected chi connectivity index (χ0v) is 17.3. The molecule has 136 valence electrons. The second kappa shape index (κ2) is 8.50. The van der Waals surface area contributed by atoms with Gasteiger partial charge in [0.05, 0.1) is 29.7 Å². The molecule has 0 amide bonds. The molecule has 0 spiro atoms. The Bertz CT molecular complexity index is 703. The van der Waals surface area contributed by atoms with Crippen LogP contribution < -0.4 is 10.6 Å². The van der Waals surface area contributed by atoms with E-state index in [1.807, 2.05) is 17.5 Å². The molecule has 0 aromatic carbocycles. The van der Waals surface area contributed by atoms with Crippen LogP contribution in [-0.4, -0.2) is 35.7 Å². The lowest BCUT2D eigenvalue weighted by atomic mass is 9.96. The average molecular weight is 474 g/mol. The molecule has 0 radical (unpaired) electrons. The summed E-state index contributed by atoms with van der Waals surface area (Å²) < 4.78 is 11.4. The molecule has 2 aliphatic rings. The minimum atomic E-state index is 0. The van der Waals surface area contributed by atoms with Gasteiger partial charge in [-0.3, -0.25) is 0 Å². The summed E-state index contributed by atoms with van der Waals surface area (Å²) in [5.41, 5.74) is 0.833. The summed E-state index contributed by atoms with van der Waals surface area (Å²) in [5.74, 6) is 1.48. The number of hydrogen-bond acceptors (Lipinski definition) is 5. The highest BCUT2D eigenvalue weighted by Gasteiger charge is 2.41. The lowest BCUT2D eigenvalue weighted by molar-refractivity contribution is 0.0992. The first kappa shape index (κ1) is 18.7. The highest BCUT2D eigenvalue weighted by Crippen LogP contribution is 2.34. The van der Waals surface area contributed by atoms with E-state index in [2.05, 4.69) is 27.5 Å². The zero-order chi connectivity index (χ0) is 16.4. The van der Waals surface area contributed by atoms with Crippen molar-refractivity contribution in [2.45, 2.75) is 51.0 Å². The van der Waals surface area contributed by atoms with Gasteiger partial charge in [-0.05, 0) is 37.6 Å². The van der Waals surface area contributed by atoms with Crippen molar-refractivity contribution >= 4 is 41.3 Å². The molecule has 4 rings (SSSR count). The maximum atomic E-state index is 5.90. The number of thiophene rings is 1. The van der Waals surface area contributed by atoms with E-state index in [0.717, 1.165) is 35.9 Å². The van der Waals surface area contributed by atoms with Crippen LogP contribution in [0.4, 0.5) is 0 Å². The van der Waals surface area contributed by atoms with Gasteiger partial charge in [0.15, 0.2) is 5.96 Å². The number of fused-ring (bicyclic) bond motifs is 2. The summed E-state index contributed by atoms with van der Waals surface area (Å²) >= 11 is 1.62. The van der Waals surface area contributed by atoms with Gasteiger partial charge in [0.2, 0.25) is 5.89 Å². The van der Waals surface area contributed by atoms with Crippen LogP contribution in [0.1, 0.15) is 31.9 Å². The number of nitrogens with one attached hydrogen (secondary N) is 2. The van der Waals surface area contributed by atoms with Gasteiger partial charge in [-0.15, -0.1) is 35.3 Å². The molecule has 2 aliphatic heterocycles. The van der Waals surface area contributed by atoms with Crippen LogP contribution in [0, 0.1) is 0 Å². The summed E-state index contributed by atoms with van der Waals surface area (Å²) in [5, 5.41) is 8.83. The van der Waals surface area contributed by atoms with Crippen molar-refractivity contribution in [1.29, 1.82) is 0 Å². The Morgan fingerprint density at radius 1 is 1.44 bits per heavy atom. The maximum Gasteiger partial charge on any atom is 0.236 e. The molecule has 2 aromatic rings. The third-order valence-corrected chi connectivity index (χ3v) is 5.31. The fraction of sp³-hybridized carbons (Fsp3) is 0.529. The molecule has 25 heavy (non-hydrogen) atoms. The van der Waals surface area contributed by atoms with Crippen molar-refractivity contribution in [3.63, 3.8) is 0 Å². The topological polar surface area (TPSA) is 71.7 Å². The summed E-state index contributed by atoms with van der Waals surface area (Å²) in [6.07, 6.45) is 5.86. The van der Waals surface area contributed by atoms with E-state index in [1.54, 1.807) is 17.6 Å². The number of guanidine groups is 1. The van der Waals surface area contributed by atoms with Gasteiger partial charge in [0, 0.05) is 6.54 Å². The molecule has 2 bridgehead atoms. The van der Waals surface area contributed by atoms with Gasteiger partial charge in [-0.1, -0.05) is 6.07 Å². The van der Waals surface area contributed by atoms with Crippen LogP contribution in [0.25, 0.3) is 10.8 Å². The van der Waals surface area contributed by atoms with E-state index in [-0.39, 0.29) is 24.0 Å². The molecule has 3 atom stereocenters. The molecular formula is C17H23IN4O2S. The Balaban J connectivity index is 0.00000182. The highest BCUT2D eigenvalue weighted by molar-refractivity contribution is 14.0. The molecular weight excluding hydrogens is 451 g/mol. The lowest BCUT2D eigenvalue weighted by Crippen LogP contribution is -2.47. The van der Waals surface area contributed by atoms with Gasteiger partial charge >= 0.3 is 0 Å². The van der Waals surface area contributed by atoms with Gasteiger partial charge in [0.1, 0.15) is 12.0 Å². The van der Waals surface area contributed by atoms with E-state index < -0.39 is 0 Å². The van der Waals surface area contributed by atoms with Crippen molar-refractivity contribution in [3.8, 4) is 10.8 Å². The second-order valence-electron chi connectivity index (χ2n) is 6.18. The van der Waals surface area contributed by atoms with E-state index in [4.69, 9.17) is 9.15 Å². The van der Waals surface area contributed by atoms with Crippen LogP contribution >= 0.6 is 35.3 Å². The quantitative estimate of drug-likeness (QED) is 0.395. The summed E-state index contributed by atoms with van der Waals surface area (Å²) in [7, 11) is 0. The van der Waals surface area contributed by atoms with E-state index in [1.165, 1.54) is 6.42 Å².